The van der Waals surface area contributed by atoms with Crippen molar-refractivity contribution in [3.05, 3.63) is 58.4 Å². The van der Waals surface area contributed by atoms with Gasteiger partial charge in [0, 0.05) is 18.5 Å². The molecule has 1 saturated heterocycles. The molecule has 0 bridgehead atoms. The number of rotatable bonds is 1. The predicted molar refractivity (Wildman–Crippen MR) is 98.1 cm³/mol. The van der Waals surface area contributed by atoms with Crippen molar-refractivity contribution in [3.8, 4) is 0 Å². The van der Waals surface area contributed by atoms with E-state index in [1.807, 2.05) is 30.3 Å². The Morgan fingerprint density at radius 2 is 1.88 bits per heavy atom. The quantitative estimate of drug-likeness (QED) is 0.539. The van der Waals surface area contributed by atoms with E-state index in [9.17, 15) is 14.4 Å². The van der Waals surface area contributed by atoms with Crippen LogP contribution >= 0.6 is 0 Å². The highest BCUT2D eigenvalue weighted by molar-refractivity contribution is 6.08. The van der Waals surface area contributed by atoms with Crippen LogP contribution in [0.3, 0.4) is 0 Å². The van der Waals surface area contributed by atoms with Gasteiger partial charge in [0.2, 0.25) is 5.91 Å². The van der Waals surface area contributed by atoms with Crippen molar-refractivity contribution in [2.45, 2.75) is 19.4 Å². The monoisotopic (exact) mass is 350 g/mol. The van der Waals surface area contributed by atoms with Gasteiger partial charge in [0.1, 0.15) is 16.7 Å². The lowest BCUT2D eigenvalue weighted by Crippen LogP contribution is -2.63. The summed E-state index contributed by atoms with van der Waals surface area (Å²) < 4.78 is 5.40. The first-order valence-corrected chi connectivity index (χ1v) is 8.45. The summed E-state index contributed by atoms with van der Waals surface area (Å²) in [5.74, 6) is -0.735. The molecular formula is C20H18N2O4. The summed E-state index contributed by atoms with van der Waals surface area (Å²) in [4.78, 5) is 39.0. The third kappa shape index (κ3) is 2.37. The molecule has 26 heavy (non-hydrogen) atoms. The normalized spacial score (nSPS) is 16.7. The molecule has 1 aliphatic heterocycles. The van der Waals surface area contributed by atoms with Crippen molar-refractivity contribution in [1.29, 1.82) is 0 Å². The molecule has 0 atom stereocenters. The van der Waals surface area contributed by atoms with Gasteiger partial charge < -0.3 is 14.6 Å². The van der Waals surface area contributed by atoms with E-state index >= 15 is 0 Å². The molecule has 1 N–H and O–H groups in total. The molecule has 2 heterocycles. The minimum atomic E-state index is -1.03. The summed E-state index contributed by atoms with van der Waals surface area (Å²) in [5.41, 5.74) is -1.35. The van der Waals surface area contributed by atoms with E-state index in [0.717, 1.165) is 10.8 Å². The van der Waals surface area contributed by atoms with Gasteiger partial charge in [-0.05, 0) is 36.8 Å². The summed E-state index contributed by atoms with van der Waals surface area (Å²) in [6.07, 6.45) is 0. The van der Waals surface area contributed by atoms with E-state index in [4.69, 9.17) is 4.42 Å². The molecule has 4 rings (SSSR count). The van der Waals surface area contributed by atoms with Gasteiger partial charge in [-0.1, -0.05) is 30.3 Å². The van der Waals surface area contributed by atoms with Crippen molar-refractivity contribution in [1.82, 2.24) is 10.2 Å². The van der Waals surface area contributed by atoms with Gasteiger partial charge in [0.25, 0.3) is 5.91 Å². The van der Waals surface area contributed by atoms with Crippen LogP contribution < -0.4 is 10.9 Å². The lowest BCUT2D eigenvalue weighted by Gasteiger charge is -2.40. The van der Waals surface area contributed by atoms with Gasteiger partial charge in [0.05, 0.1) is 0 Å². The van der Waals surface area contributed by atoms with Crippen LogP contribution in [0.5, 0.6) is 0 Å². The van der Waals surface area contributed by atoms with Crippen molar-refractivity contribution in [2.75, 3.05) is 13.1 Å². The summed E-state index contributed by atoms with van der Waals surface area (Å²) in [6, 6.07) is 12.9. The molecule has 0 saturated carbocycles. The van der Waals surface area contributed by atoms with Gasteiger partial charge in [0.15, 0.2) is 0 Å². The van der Waals surface area contributed by atoms with Crippen LogP contribution in [0.15, 0.2) is 51.7 Å². The predicted octanol–water partition coefficient (Wildman–Crippen LogP) is 2.30. The number of nitrogens with one attached hydrogen (secondary N) is 1. The van der Waals surface area contributed by atoms with Crippen LogP contribution in [0.2, 0.25) is 0 Å². The molecule has 2 amide bonds. The third-order valence-electron chi connectivity index (χ3n) is 4.97. The lowest BCUT2D eigenvalue weighted by molar-refractivity contribution is -0.133. The highest BCUT2D eigenvalue weighted by atomic mass is 16.4. The van der Waals surface area contributed by atoms with Crippen LogP contribution in [0, 0.1) is 0 Å². The number of benzene rings is 2. The number of carbonyl (C=O) groups is 2. The number of amides is 2. The van der Waals surface area contributed by atoms with E-state index in [1.54, 1.807) is 26.0 Å². The van der Waals surface area contributed by atoms with Crippen LogP contribution in [0.25, 0.3) is 21.7 Å². The smallest absolute Gasteiger partial charge is 0.349 e. The molecule has 2 aromatic carbocycles. The molecule has 1 fully saturated rings. The number of carbonyl (C=O) groups excluding carboxylic acids is 2. The number of nitrogens with zero attached hydrogens (tertiary/aromatic N) is 1. The fourth-order valence-corrected chi connectivity index (χ4v) is 3.42. The van der Waals surface area contributed by atoms with Gasteiger partial charge in [-0.15, -0.1) is 0 Å². The van der Waals surface area contributed by atoms with Gasteiger partial charge >= 0.3 is 5.63 Å². The number of hydrogen-bond donors (Lipinski definition) is 1. The van der Waals surface area contributed by atoms with Crippen molar-refractivity contribution >= 4 is 33.6 Å². The van der Waals surface area contributed by atoms with E-state index in [2.05, 4.69) is 5.32 Å². The number of fused-ring (bicyclic) bond motifs is 3. The highest BCUT2D eigenvalue weighted by Crippen LogP contribution is 2.26. The third-order valence-corrected chi connectivity index (χ3v) is 4.97. The molecule has 0 aliphatic carbocycles. The average Bonchev–Trinajstić information content (AvgIpc) is 2.62. The molecule has 0 unspecified atom stereocenters. The van der Waals surface area contributed by atoms with Crippen LogP contribution in [-0.4, -0.2) is 35.3 Å². The van der Waals surface area contributed by atoms with Crippen molar-refractivity contribution in [2.24, 2.45) is 0 Å². The van der Waals surface area contributed by atoms with Crippen molar-refractivity contribution < 1.29 is 14.0 Å². The second-order valence-electron chi connectivity index (χ2n) is 6.92. The Labute approximate surface area is 149 Å². The fourth-order valence-electron chi connectivity index (χ4n) is 3.42. The molecule has 1 aromatic heterocycles. The van der Waals surface area contributed by atoms with Gasteiger partial charge in [-0.25, -0.2) is 4.79 Å². The minimum absolute atomic E-state index is 0.0587. The molecule has 3 aromatic rings. The molecular weight excluding hydrogens is 332 g/mol. The Kier molecular flexibility index (Phi) is 3.57. The second kappa shape index (κ2) is 5.69. The topological polar surface area (TPSA) is 79.6 Å². The number of hydrogen-bond acceptors (Lipinski definition) is 4. The molecule has 6 nitrogen and oxygen atoms in total. The lowest BCUT2D eigenvalue weighted by atomic mass is 9.97. The standard InChI is InChI=1S/C20H18N2O4/c1-20(2)19(25)21-9-10-22(20)17(23)15-11-14-13-6-4-3-5-12(13)7-8-16(14)26-18(15)24/h3-8,11H,9-10H2,1-2H3,(H,21,25). The number of piperazine rings is 1. The Bertz CT molecular complexity index is 1110. The van der Waals surface area contributed by atoms with Crippen LogP contribution in [-0.2, 0) is 4.79 Å². The van der Waals surface area contributed by atoms with Crippen LogP contribution in [0.4, 0.5) is 0 Å². The maximum Gasteiger partial charge on any atom is 0.349 e. The van der Waals surface area contributed by atoms with E-state index in [-0.39, 0.29) is 11.5 Å². The summed E-state index contributed by atoms with van der Waals surface area (Å²) in [5, 5.41) is 5.33. The first kappa shape index (κ1) is 16.3. The summed E-state index contributed by atoms with van der Waals surface area (Å²) >= 11 is 0. The Hall–Kier alpha value is -3.15. The molecule has 0 radical (unpaired) electrons. The Morgan fingerprint density at radius 3 is 2.69 bits per heavy atom. The SMILES string of the molecule is CC1(C)C(=O)NCCN1C(=O)c1cc2c(ccc3ccccc32)oc1=O. The zero-order chi connectivity index (χ0) is 18.5. The zero-order valence-electron chi connectivity index (χ0n) is 14.5. The van der Waals surface area contributed by atoms with Crippen LogP contribution in [0.1, 0.15) is 24.2 Å². The molecule has 1 aliphatic rings. The highest BCUT2D eigenvalue weighted by Gasteiger charge is 2.41. The second-order valence-corrected chi connectivity index (χ2v) is 6.92. The largest absolute Gasteiger partial charge is 0.422 e. The molecule has 6 heteroatoms. The maximum absolute atomic E-state index is 13.0. The maximum atomic E-state index is 13.0. The fraction of sp³-hybridized carbons (Fsp3) is 0.250. The van der Waals surface area contributed by atoms with E-state index < -0.39 is 17.1 Å². The molecule has 132 valence electrons. The minimum Gasteiger partial charge on any atom is -0.422 e. The first-order chi connectivity index (χ1) is 12.4. The molecule has 0 spiro atoms. The summed E-state index contributed by atoms with van der Waals surface area (Å²) in [6.45, 7) is 4.02. The Morgan fingerprint density at radius 1 is 1.12 bits per heavy atom. The first-order valence-electron chi connectivity index (χ1n) is 8.45. The Balaban J connectivity index is 1.89. The zero-order valence-corrected chi connectivity index (χ0v) is 14.5. The summed E-state index contributed by atoms with van der Waals surface area (Å²) in [7, 11) is 0. The van der Waals surface area contributed by atoms with E-state index in [1.165, 1.54) is 4.90 Å². The average molecular weight is 350 g/mol. The van der Waals surface area contributed by atoms with Gasteiger partial charge in [-0.2, -0.15) is 0 Å². The van der Waals surface area contributed by atoms with Gasteiger partial charge in [-0.3, -0.25) is 9.59 Å². The van der Waals surface area contributed by atoms with Crippen molar-refractivity contribution in [3.63, 3.8) is 0 Å². The van der Waals surface area contributed by atoms with E-state index in [0.29, 0.717) is 24.1 Å².